The van der Waals surface area contributed by atoms with Gasteiger partial charge < -0.3 is 5.73 Å². The highest BCUT2D eigenvalue weighted by atomic mass is 79.9. The highest BCUT2D eigenvalue weighted by Gasteiger charge is 2.25. The van der Waals surface area contributed by atoms with Crippen LogP contribution in [0.2, 0.25) is 0 Å². The fourth-order valence-corrected chi connectivity index (χ4v) is 2.51. The molecule has 0 bridgehead atoms. The van der Waals surface area contributed by atoms with Crippen LogP contribution in [0.3, 0.4) is 0 Å². The van der Waals surface area contributed by atoms with Gasteiger partial charge in [-0.05, 0) is 39.9 Å². The Balaban J connectivity index is 2.67. The van der Waals surface area contributed by atoms with E-state index in [0.717, 1.165) is 22.0 Å². The number of benzene rings is 1. The van der Waals surface area contributed by atoms with Gasteiger partial charge in [0.25, 0.3) is 0 Å². The van der Waals surface area contributed by atoms with Crippen molar-refractivity contribution in [2.24, 2.45) is 0 Å². The fraction of sp³-hybridized carbons (Fsp3) is 0.364. The van der Waals surface area contributed by atoms with E-state index < -0.39 is 0 Å². The van der Waals surface area contributed by atoms with Gasteiger partial charge in [0.1, 0.15) is 0 Å². The van der Waals surface area contributed by atoms with E-state index in [1.807, 2.05) is 12.1 Å². The van der Waals surface area contributed by atoms with E-state index in [-0.39, 0.29) is 5.78 Å². The molecule has 1 unspecified atom stereocenters. The molecule has 0 aliphatic heterocycles. The summed E-state index contributed by atoms with van der Waals surface area (Å²) in [5.41, 5.74) is 8.32. The van der Waals surface area contributed by atoms with Crippen molar-refractivity contribution >= 4 is 27.4 Å². The molecule has 0 saturated carbocycles. The molecule has 0 aromatic heterocycles. The highest BCUT2D eigenvalue weighted by Crippen LogP contribution is 2.37. The number of halogens is 1. The number of carbonyl (C=O) groups excluding carboxylic acids is 1. The van der Waals surface area contributed by atoms with Crippen LogP contribution in [0.1, 0.15) is 41.6 Å². The Bertz CT molecular complexity index is 401. The molecule has 1 aromatic carbocycles. The number of fused-ring (bicyclic) bond motifs is 1. The van der Waals surface area contributed by atoms with Crippen LogP contribution >= 0.6 is 15.9 Å². The monoisotopic (exact) mass is 253 g/mol. The third-order valence-corrected chi connectivity index (χ3v) is 3.67. The first-order chi connectivity index (χ1) is 6.61. The molecule has 0 amide bonds. The summed E-state index contributed by atoms with van der Waals surface area (Å²) in [6.07, 6.45) is 1.58. The zero-order valence-corrected chi connectivity index (χ0v) is 9.60. The first-order valence-electron chi connectivity index (χ1n) is 4.72. The van der Waals surface area contributed by atoms with E-state index in [4.69, 9.17) is 5.73 Å². The highest BCUT2D eigenvalue weighted by molar-refractivity contribution is 9.10. The number of ketones is 1. The lowest BCUT2D eigenvalue weighted by Gasteiger charge is -2.22. The van der Waals surface area contributed by atoms with Crippen molar-refractivity contribution in [3.63, 3.8) is 0 Å². The molecule has 2 nitrogen and oxygen atoms in total. The Morgan fingerprint density at radius 1 is 1.50 bits per heavy atom. The van der Waals surface area contributed by atoms with Crippen molar-refractivity contribution < 1.29 is 4.79 Å². The van der Waals surface area contributed by atoms with E-state index in [1.54, 1.807) is 0 Å². The van der Waals surface area contributed by atoms with E-state index in [2.05, 4.69) is 22.9 Å². The van der Waals surface area contributed by atoms with Gasteiger partial charge in [0.15, 0.2) is 5.78 Å². The van der Waals surface area contributed by atoms with Crippen LogP contribution in [-0.4, -0.2) is 5.78 Å². The number of nitrogen functional groups attached to an aromatic ring is 1. The minimum atomic E-state index is 0.206. The third-order valence-electron chi connectivity index (χ3n) is 2.82. The van der Waals surface area contributed by atoms with Gasteiger partial charge in [-0.15, -0.1) is 0 Å². The molecule has 1 aliphatic carbocycles. The Morgan fingerprint density at radius 3 is 2.93 bits per heavy atom. The van der Waals surface area contributed by atoms with E-state index in [1.165, 1.54) is 0 Å². The Morgan fingerprint density at radius 2 is 2.21 bits per heavy atom. The second kappa shape index (κ2) is 3.39. The lowest BCUT2D eigenvalue weighted by molar-refractivity contribution is 0.0967. The predicted molar refractivity (Wildman–Crippen MR) is 60.5 cm³/mol. The second-order valence-corrected chi connectivity index (χ2v) is 4.59. The molecule has 0 saturated heterocycles. The van der Waals surface area contributed by atoms with Crippen LogP contribution < -0.4 is 5.73 Å². The maximum Gasteiger partial charge on any atom is 0.164 e. The van der Waals surface area contributed by atoms with Crippen molar-refractivity contribution in [1.29, 1.82) is 0 Å². The molecule has 1 aliphatic rings. The number of hydrogen-bond donors (Lipinski definition) is 1. The maximum absolute atomic E-state index is 11.7. The van der Waals surface area contributed by atoms with Gasteiger partial charge in [0.2, 0.25) is 0 Å². The van der Waals surface area contributed by atoms with E-state index in [0.29, 0.717) is 18.0 Å². The third kappa shape index (κ3) is 1.36. The quantitative estimate of drug-likeness (QED) is 0.723. The summed E-state index contributed by atoms with van der Waals surface area (Å²) in [7, 11) is 0. The number of nitrogens with two attached hydrogens (primary N) is 1. The van der Waals surface area contributed by atoms with Gasteiger partial charge in [0, 0.05) is 17.7 Å². The van der Waals surface area contributed by atoms with Gasteiger partial charge >= 0.3 is 0 Å². The van der Waals surface area contributed by atoms with Crippen LogP contribution in [0.15, 0.2) is 16.6 Å². The number of rotatable bonds is 0. The van der Waals surface area contributed by atoms with Crippen molar-refractivity contribution in [3.05, 3.63) is 27.7 Å². The largest absolute Gasteiger partial charge is 0.398 e. The van der Waals surface area contributed by atoms with Gasteiger partial charge in [0.05, 0.1) is 4.47 Å². The molecule has 2 N–H and O–H groups in total. The summed E-state index contributed by atoms with van der Waals surface area (Å²) >= 11 is 3.39. The number of Topliss-reactive ketones (excluding diaryl/α,β-unsaturated/α-hetero) is 1. The summed E-state index contributed by atoms with van der Waals surface area (Å²) in [6.45, 7) is 2.15. The summed E-state index contributed by atoms with van der Waals surface area (Å²) in [4.78, 5) is 11.7. The lowest BCUT2D eigenvalue weighted by atomic mass is 9.83. The topological polar surface area (TPSA) is 43.1 Å². The Labute approximate surface area is 91.6 Å². The van der Waals surface area contributed by atoms with Gasteiger partial charge in [-0.1, -0.05) is 13.0 Å². The number of hydrogen-bond acceptors (Lipinski definition) is 2. The Kier molecular flexibility index (Phi) is 2.35. The summed E-state index contributed by atoms with van der Waals surface area (Å²) in [5.74, 6) is 0.664. The Hall–Kier alpha value is -0.830. The molecule has 74 valence electrons. The van der Waals surface area contributed by atoms with Gasteiger partial charge in [-0.25, -0.2) is 0 Å². The van der Waals surface area contributed by atoms with Crippen molar-refractivity contribution in [1.82, 2.24) is 0 Å². The predicted octanol–water partition coefficient (Wildman–Crippen LogP) is 3.11. The molecule has 0 fully saturated rings. The molecular weight excluding hydrogens is 242 g/mol. The number of anilines is 1. The number of carbonyl (C=O) groups is 1. The second-order valence-electron chi connectivity index (χ2n) is 3.80. The molecule has 3 heteroatoms. The normalized spacial score (nSPS) is 20.7. The average molecular weight is 254 g/mol. The fourth-order valence-electron chi connectivity index (χ4n) is 1.93. The molecule has 0 heterocycles. The first-order valence-corrected chi connectivity index (χ1v) is 5.51. The van der Waals surface area contributed by atoms with E-state index >= 15 is 0 Å². The summed E-state index contributed by atoms with van der Waals surface area (Å²) in [5, 5.41) is 0. The summed E-state index contributed by atoms with van der Waals surface area (Å²) < 4.78 is 0.770. The minimum Gasteiger partial charge on any atom is -0.398 e. The lowest BCUT2D eigenvalue weighted by Crippen LogP contribution is -2.15. The van der Waals surface area contributed by atoms with Crippen LogP contribution in [-0.2, 0) is 0 Å². The molecule has 1 aromatic rings. The van der Waals surface area contributed by atoms with Gasteiger partial charge in [-0.3, -0.25) is 4.79 Å². The standard InChI is InChI=1S/C11H12BrNO/c1-6-2-5-9(14)10-7(6)3-4-8(13)11(10)12/h3-4,6H,2,5,13H2,1H3. The van der Waals surface area contributed by atoms with E-state index in [9.17, 15) is 4.79 Å². The van der Waals surface area contributed by atoms with Crippen LogP contribution in [0.4, 0.5) is 5.69 Å². The first kappa shape index (κ1) is 9.71. The zero-order chi connectivity index (χ0) is 10.3. The molecular formula is C11H12BrNO. The smallest absolute Gasteiger partial charge is 0.164 e. The van der Waals surface area contributed by atoms with Crippen molar-refractivity contribution in [2.45, 2.75) is 25.7 Å². The zero-order valence-electron chi connectivity index (χ0n) is 8.01. The van der Waals surface area contributed by atoms with Crippen LogP contribution in [0.25, 0.3) is 0 Å². The molecule has 2 rings (SSSR count). The average Bonchev–Trinajstić information content (AvgIpc) is 2.16. The molecule has 14 heavy (non-hydrogen) atoms. The SMILES string of the molecule is CC1CCC(=O)c2c1ccc(N)c2Br. The van der Waals surface area contributed by atoms with Crippen molar-refractivity contribution in [2.75, 3.05) is 5.73 Å². The minimum absolute atomic E-state index is 0.206. The van der Waals surface area contributed by atoms with Crippen LogP contribution in [0.5, 0.6) is 0 Å². The maximum atomic E-state index is 11.7. The van der Waals surface area contributed by atoms with Crippen LogP contribution in [0, 0.1) is 0 Å². The van der Waals surface area contributed by atoms with Crippen molar-refractivity contribution in [3.8, 4) is 0 Å². The molecule has 0 radical (unpaired) electrons. The van der Waals surface area contributed by atoms with Gasteiger partial charge in [-0.2, -0.15) is 0 Å². The molecule has 1 atom stereocenters. The summed E-state index contributed by atoms with van der Waals surface area (Å²) in [6, 6.07) is 3.83. The molecule has 0 spiro atoms.